The van der Waals surface area contributed by atoms with Crippen molar-refractivity contribution in [1.82, 2.24) is 10.2 Å². The van der Waals surface area contributed by atoms with Crippen LogP contribution < -0.4 is 9.62 Å². The van der Waals surface area contributed by atoms with Gasteiger partial charge in [-0.05, 0) is 41.8 Å². The Morgan fingerprint density at radius 3 is 2.05 bits per heavy atom. The van der Waals surface area contributed by atoms with Crippen molar-refractivity contribution in [3.63, 3.8) is 0 Å². The molecule has 3 aromatic rings. The lowest BCUT2D eigenvalue weighted by Crippen LogP contribution is -2.53. The maximum atomic E-state index is 13.9. The molecule has 0 radical (unpaired) electrons. The molecule has 1 N–H and O–H groups in total. The molecule has 3 aromatic carbocycles. The van der Waals surface area contributed by atoms with Crippen LogP contribution in [0.25, 0.3) is 0 Å². The summed E-state index contributed by atoms with van der Waals surface area (Å²) in [7, 11) is -3.78. The lowest BCUT2D eigenvalue weighted by Gasteiger charge is -2.33. The number of nitrogens with one attached hydrogen (secondary N) is 1. The minimum Gasteiger partial charge on any atom is -0.354 e. The Morgan fingerprint density at radius 1 is 0.892 bits per heavy atom. The van der Waals surface area contributed by atoms with Crippen molar-refractivity contribution in [3.8, 4) is 0 Å². The Bertz CT molecular complexity index is 1270. The molecule has 37 heavy (non-hydrogen) atoms. The smallest absolute Gasteiger partial charge is 0.244 e. The predicted octanol–water partition coefficient (Wildman–Crippen LogP) is 4.27. The van der Waals surface area contributed by atoms with E-state index in [1.807, 2.05) is 37.3 Å². The molecule has 0 aliphatic heterocycles. The third-order valence-electron chi connectivity index (χ3n) is 5.81. The van der Waals surface area contributed by atoms with E-state index in [0.29, 0.717) is 17.3 Å². The first-order valence-electron chi connectivity index (χ1n) is 12.1. The summed E-state index contributed by atoms with van der Waals surface area (Å²) < 4.78 is 26.4. The van der Waals surface area contributed by atoms with Crippen LogP contribution in [0.3, 0.4) is 0 Å². The van der Waals surface area contributed by atoms with Crippen LogP contribution in [0.4, 0.5) is 5.69 Å². The monoisotopic (exact) mass is 541 g/mol. The second kappa shape index (κ2) is 13.3. The first-order valence-corrected chi connectivity index (χ1v) is 14.3. The van der Waals surface area contributed by atoms with E-state index in [2.05, 4.69) is 5.32 Å². The topological polar surface area (TPSA) is 86.8 Å². The van der Waals surface area contributed by atoms with Crippen molar-refractivity contribution < 1.29 is 18.0 Å². The van der Waals surface area contributed by atoms with Crippen LogP contribution in [0.2, 0.25) is 5.02 Å². The average Bonchev–Trinajstić information content (AvgIpc) is 2.89. The highest BCUT2D eigenvalue weighted by Crippen LogP contribution is 2.20. The van der Waals surface area contributed by atoms with E-state index >= 15 is 0 Å². The molecule has 0 spiro atoms. The summed E-state index contributed by atoms with van der Waals surface area (Å²) >= 11 is 6.06. The summed E-state index contributed by atoms with van der Waals surface area (Å²) in [5, 5.41) is 3.46. The van der Waals surface area contributed by atoms with Gasteiger partial charge in [0.25, 0.3) is 0 Å². The summed E-state index contributed by atoms with van der Waals surface area (Å²) in [6.07, 6.45) is 2.08. The fraction of sp³-hybridized carbons (Fsp3) is 0.286. The van der Waals surface area contributed by atoms with E-state index in [0.717, 1.165) is 28.1 Å². The quantitative estimate of drug-likeness (QED) is 0.371. The van der Waals surface area contributed by atoms with Gasteiger partial charge in [0.15, 0.2) is 0 Å². The minimum atomic E-state index is -3.78. The zero-order valence-electron chi connectivity index (χ0n) is 21.0. The van der Waals surface area contributed by atoms with Crippen LogP contribution in [0, 0.1) is 0 Å². The van der Waals surface area contributed by atoms with Gasteiger partial charge in [-0.25, -0.2) is 8.42 Å². The minimum absolute atomic E-state index is 0.111. The van der Waals surface area contributed by atoms with Gasteiger partial charge in [-0.2, -0.15) is 0 Å². The van der Waals surface area contributed by atoms with Crippen LogP contribution in [-0.4, -0.2) is 50.5 Å². The summed E-state index contributed by atoms with van der Waals surface area (Å²) in [6, 6.07) is 24.1. The van der Waals surface area contributed by atoms with E-state index in [4.69, 9.17) is 11.6 Å². The Kier molecular flexibility index (Phi) is 10.1. The highest BCUT2D eigenvalue weighted by atomic mass is 35.5. The summed E-state index contributed by atoms with van der Waals surface area (Å²) in [5.74, 6) is -0.782. The van der Waals surface area contributed by atoms with E-state index < -0.39 is 28.5 Å². The maximum Gasteiger partial charge on any atom is 0.244 e. The Morgan fingerprint density at radius 2 is 1.49 bits per heavy atom. The van der Waals surface area contributed by atoms with Crippen LogP contribution in [-0.2, 0) is 32.6 Å². The highest BCUT2D eigenvalue weighted by Gasteiger charge is 2.32. The molecule has 0 heterocycles. The number of rotatable bonds is 12. The van der Waals surface area contributed by atoms with Gasteiger partial charge in [0, 0.05) is 24.5 Å². The van der Waals surface area contributed by atoms with Crippen LogP contribution in [0.1, 0.15) is 24.5 Å². The van der Waals surface area contributed by atoms with Crippen molar-refractivity contribution in [2.45, 2.75) is 32.4 Å². The van der Waals surface area contributed by atoms with E-state index in [-0.39, 0.29) is 18.9 Å². The number of sulfonamides is 1. The Hall–Kier alpha value is -3.36. The number of para-hydroxylation sites is 1. The molecule has 1 atom stereocenters. The zero-order chi connectivity index (χ0) is 26.8. The molecule has 0 saturated heterocycles. The summed E-state index contributed by atoms with van der Waals surface area (Å²) in [4.78, 5) is 28.7. The van der Waals surface area contributed by atoms with Gasteiger partial charge in [0.2, 0.25) is 21.8 Å². The molecule has 2 amide bonds. The molecule has 0 aromatic heterocycles. The van der Waals surface area contributed by atoms with Crippen molar-refractivity contribution in [2.24, 2.45) is 0 Å². The van der Waals surface area contributed by atoms with Gasteiger partial charge in [0.05, 0.1) is 11.9 Å². The molecule has 0 bridgehead atoms. The van der Waals surface area contributed by atoms with Gasteiger partial charge in [-0.1, -0.05) is 79.2 Å². The van der Waals surface area contributed by atoms with E-state index in [1.165, 1.54) is 4.90 Å². The number of nitrogens with zero attached hydrogens (tertiary/aromatic N) is 2. The van der Waals surface area contributed by atoms with Gasteiger partial charge in [0.1, 0.15) is 12.6 Å². The first kappa shape index (κ1) is 28.2. The molecule has 1 unspecified atom stereocenters. The number of benzene rings is 3. The Labute approximate surface area is 224 Å². The number of amides is 2. The standard InChI is InChI=1S/C28H32ClN3O4S/c1-3-18-30-28(34)26(19-22-10-6-4-7-11-22)31(20-23-14-16-24(29)17-15-23)27(33)21-32(37(2,35)36)25-12-8-5-9-13-25/h4-17,26H,3,18-21H2,1-2H3,(H,30,34). The maximum absolute atomic E-state index is 13.9. The molecule has 0 aliphatic carbocycles. The molecule has 196 valence electrons. The lowest BCUT2D eigenvalue weighted by molar-refractivity contribution is -0.140. The largest absolute Gasteiger partial charge is 0.354 e. The first-order chi connectivity index (χ1) is 17.7. The van der Waals surface area contributed by atoms with E-state index in [1.54, 1.807) is 54.6 Å². The highest BCUT2D eigenvalue weighted by molar-refractivity contribution is 7.92. The fourth-order valence-electron chi connectivity index (χ4n) is 3.91. The van der Waals surface area contributed by atoms with Crippen molar-refractivity contribution in [2.75, 3.05) is 23.7 Å². The normalized spacial score (nSPS) is 12.0. The third-order valence-corrected chi connectivity index (χ3v) is 7.20. The molecular formula is C28H32ClN3O4S. The lowest BCUT2D eigenvalue weighted by atomic mass is 10.0. The average molecular weight is 542 g/mol. The molecule has 0 saturated carbocycles. The van der Waals surface area contributed by atoms with Crippen molar-refractivity contribution in [1.29, 1.82) is 0 Å². The summed E-state index contributed by atoms with van der Waals surface area (Å²) in [6.45, 7) is 2.09. The fourth-order valence-corrected chi connectivity index (χ4v) is 4.89. The number of hydrogen-bond donors (Lipinski definition) is 1. The number of halogens is 1. The number of hydrogen-bond acceptors (Lipinski definition) is 4. The van der Waals surface area contributed by atoms with E-state index in [9.17, 15) is 18.0 Å². The predicted molar refractivity (Wildman–Crippen MR) is 148 cm³/mol. The van der Waals surface area contributed by atoms with Gasteiger partial charge < -0.3 is 10.2 Å². The number of carbonyl (C=O) groups excluding carboxylic acids is 2. The molecular weight excluding hydrogens is 510 g/mol. The summed E-state index contributed by atoms with van der Waals surface area (Å²) in [5.41, 5.74) is 2.03. The van der Waals surface area contributed by atoms with Crippen molar-refractivity contribution >= 4 is 39.1 Å². The molecule has 0 fully saturated rings. The van der Waals surface area contributed by atoms with Gasteiger partial charge in [-0.3, -0.25) is 13.9 Å². The molecule has 7 nitrogen and oxygen atoms in total. The third kappa shape index (κ3) is 8.33. The second-order valence-electron chi connectivity index (χ2n) is 8.75. The van der Waals surface area contributed by atoms with Crippen LogP contribution >= 0.6 is 11.6 Å². The van der Waals surface area contributed by atoms with Gasteiger partial charge >= 0.3 is 0 Å². The van der Waals surface area contributed by atoms with Crippen LogP contribution in [0.5, 0.6) is 0 Å². The molecule has 3 rings (SSSR count). The number of carbonyl (C=O) groups is 2. The van der Waals surface area contributed by atoms with Crippen molar-refractivity contribution in [3.05, 3.63) is 101 Å². The SMILES string of the molecule is CCCNC(=O)C(Cc1ccccc1)N(Cc1ccc(Cl)cc1)C(=O)CN(c1ccccc1)S(C)(=O)=O. The van der Waals surface area contributed by atoms with Crippen LogP contribution in [0.15, 0.2) is 84.9 Å². The second-order valence-corrected chi connectivity index (χ2v) is 11.1. The zero-order valence-corrected chi connectivity index (χ0v) is 22.6. The molecule has 0 aliphatic rings. The van der Waals surface area contributed by atoms with Gasteiger partial charge in [-0.15, -0.1) is 0 Å². The Balaban J connectivity index is 2.01. The molecule has 9 heteroatoms. The number of anilines is 1.